The molecule has 1 aliphatic heterocycles. The van der Waals surface area contributed by atoms with Gasteiger partial charge in [0.05, 0.1) is 11.1 Å². The molecule has 2 heterocycles. The number of halogens is 1. The van der Waals surface area contributed by atoms with E-state index in [-0.39, 0.29) is 11.9 Å². The summed E-state index contributed by atoms with van der Waals surface area (Å²) in [6, 6.07) is 18.0. The SMILES string of the molecule is CN1CCN(CC(NC(=O)c2sc3ccccc3c2Cl)c2ccccc2)CC1. The topological polar surface area (TPSA) is 35.6 Å². The molecule has 3 aromatic rings. The lowest BCUT2D eigenvalue weighted by Crippen LogP contribution is -2.47. The zero-order valence-electron chi connectivity index (χ0n) is 15.9. The Labute approximate surface area is 174 Å². The van der Waals surface area contributed by atoms with Gasteiger partial charge in [-0.2, -0.15) is 0 Å². The number of nitrogens with one attached hydrogen (secondary N) is 1. The molecule has 28 heavy (non-hydrogen) atoms. The maximum atomic E-state index is 13.1. The largest absolute Gasteiger partial charge is 0.343 e. The first-order valence-corrected chi connectivity index (χ1v) is 10.7. The van der Waals surface area contributed by atoms with Crippen molar-refractivity contribution in [3.63, 3.8) is 0 Å². The van der Waals surface area contributed by atoms with Gasteiger partial charge < -0.3 is 10.2 Å². The van der Waals surface area contributed by atoms with Gasteiger partial charge in [0, 0.05) is 42.8 Å². The minimum absolute atomic E-state index is 0.0709. The lowest BCUT2D eigenvalue weighted by atomic mass is 10.1. The number of piperazine rings is 1. The molecule has 4 nitrogen and oxygen atoms in total. The fraction of sp³-hybridized carbons (Fsp3) is 0.318. The minimum atomic E-state index is -0.103. The van der Waals surface area contributed by atoms with Crippen molar-refractivity contribution < 1.29 is 4.79 Å². The van der Waals surface area contributed by atoms with Crippen LogP contribution in [0.3, 0.4) is 0 Å². The Bertz CT molecular complexity index is 951. The van der Waals surface area contributed by atoms with E-state index in [2.05, 4.69) is 34.3 Å². The van der Waals surface area contributed by atoms with E-state index in [1.54, 1.807) is 0 Å². The Morgan fingerprint density at radius 3 is 2.46 bits per heavy atom. The third-order valence-electron chi connectivity index (χ3n) is 5.29. The Balaban J connectivity index is 1.56. The first-order chi connectivity index (χ1) is 13.6. The zero-order valence-corrected chi connectivity index (χ0v) is 17.5. The van der Waals surface area contributed by atoms with Crippen molar-refractivity contribution in [2.24, 2.45) is 0 Å². The number of nitrogens with zero attached hydrogens (tertiary/aromatic N) is 2. The number of fused-ring (bicyclic) bond motifs is 1. The highest BCUT2D eigenvalue weighted by Gasteiger charge is 2.24. The van der Waals surface area contributed by atoms with Gasteiger partial charge >= 0.3 is 0 Å². The highest BCUT2D eigenvalue weighted by atomic mass is 35.5. The molecule has 0 saturated carbocycles. The maximum Gasteiger partial charge on any atom is 0.263 e. The van der Waals surface area contributed by atoms with E-state index in [9.17, 15) is 4.79 Å². The highest BCUT2D eigenvalue weighted by Crippen LogP contribution is 2.35. The standard InChI is InChI=1S/C22H24ClN3OS/c1-25-11-13-26(14-12-25)15-18(16-7-3-2-4-8-16)24-22(27)21-20(23)17-9-5-6-10-19(17)28-21/h2-10,18H,11-15H2,1H3,(H,24,27). The number of hydrogen-bond acceptors (Lipinski definition) is 4. The summed E-state index contributed by atoms with van der Waals surface area (Å²) in [6.45, 7) is 4.93. The smallest absolute Gasteiger partial charge is 0.263 e. The van der Waals surface area contributed by atoms with E-state index in [1.807, 2.05) is 42.5 Å². The second-order valence-corrected chi connectivity index (χ2v) is 8.71. The Morgan fingerprint density at radius 2 is 1.75 bits per heavy atom. The van der Waals surface area contributed by atoms with E-state index in [0.29, 0.717) is 9.90 Å². The number of carbonyl (C=O) groups is 1. The summed E-state index contributed by atoms with van der Waals surface area (Å²) in [5, 5.41) is 4.73. The van der Waals surface area contributed by atoms with Gasteiger partial charge in [-0.05, 0) is 18.7 Å². The fourth-order valence-electron chi connectivity index (χ4n) is 3.59. The number of benzene rings is 2. The van der Waals surface area contributed by atoms with Crippen LogP contribution in [0.2, 0.25) is 5.02 Å². The zero-order chi connectivity index (χ0) is 19.5. The highest BCUT2D eigenvalue weighted by molar-refractivity contribution is 7.21. The molecule has 6 heteroatoms. The van der Waals surface area contributed by atoms with Crippen LogP contribution in [0, 0.1) is 0 Å². The first kappa shape index (κ1) is 19.4. The predicted octanol–water partition coefficient (Wildman–Crippen LogP) is 4.27. The van der Waals surface area contributed by atoms with Gasteiger partial charge in [0.15, 0.2) is 0 Å². The molecule has 0 bridgehead atoms. The van der Waals surface area contributed by atoms with E-state index < -0.39 is 0 Å². The second-order valence-electron chi connectivity index (χ2n) is 7.28. The fourth-order valence-corrected chi connectivity index (χ4v) is 5.01. The number of carbonyl (C=O) groups excluding carboxylic acids is 1. The number of likely N-dealkylation sites (N-methyl/N-ethyl adjacent to an activating group) is 1. The van der Waals surface area contributed by atoms with Crippen LogP contribution in [0.15, 0.2) is 54.6 Å². The van der Waals surface area contributed by atoms with E-state index in [0.717, 1.165) is 48.4 Å². The molecule has 1 N–H and O–H groups in total. The molecule has 1 aromatic heterocycles. The summed E-state index contributed by atoms with van der Waals surface area (Å²) in [6.07, 6.45) is 0. The lowest BCUT2D eigenvalue weighted by Gasteiger charge is -2.35. The van der Waals surface area contributed by atoms with Crippen LogP contribution in [-0.4, -0.2) is 55.5 Å². The molecule has 1 aliphatic rings. The lowest BCUT2D eigenvalue weighted by molar-refractivity contribution is 0.0911. The third kappa shape index (κ3) is 4.23. The average Bonchev–Trinajstić information content (AvgIpc) is 3.07. The van der Waals surface area contributed by atoms with Crippen molar-refractivity contribution in [1.29, 1.82) is 0 Å². The van der Waals surface area contributed by atoms with Crippen LogP contribution in [0.5, 0.6) is 0 Å². The molecule has 1 saturated heterocycles. The average molecular weight is 414 g/mol. The number of amides is 1. The Morgan fingerprint density at radius 1 is 1.07 bits per heavy atom. The molecule has 1 fully saturated rings. The Hall–Kier alpha value is -1.92. The van der Waals surface area contributed by atoms with Gasteiger partial charge in [0.1, 0.15) is 4.88 Å². The van der Waals surface area contributed by atoms with Crippen LogP contribution in [0.1, 0.15) is 21.3 Å². The molecule has 146 valence electrons. The summed E-state index contributed by atoms with van der Waals surface area (Å²) in [4.78, 5) is 18.4. The molecular formula is C22H24ClN3OS. The third-order valence-corrected chi connectivity index (χ3v) is 6.96. The normalized spacial score (nSPS) is 16.9. The monoisotopic (exact) mass is 413 g/mol. The predicted molar refractivity (Wildman–Crippen MR) is 117 cm³/mol. The molecule has 1 unspecified atom stereocenters. The molecule has 0 radical (unpaired) electrons. The summed E-state index contributed by atoms with van der Waals surface area (Å²) in [5.74, 6) is -0.103. The van der Waals surface area contributed by atoms with Gasteiger partial charge in [-0.25, -0.2) is 0 Å². The van der Waals surface area contributed by atoms with Crippen LogP contribution < -0.4 is 5.32 Å². The van der Waals surface area contributed by atoms with E-state index in [4.69, 9.17) is 11.6 Å². The van der Waals surface area contributed by atoms with Crippen molar-refractivity contribution in [2.45, 2.75) is 6.04 Å². The van der Waals surface area contributed by atoms with Gasteiger partial charge in [0.25, 0.3) is 5.91 Å². The van der Waals surface area contributed by atoms with Crippen molar-refractivity contribution in [2.75, 3.05) is 39.8 Å². The van der Waals surface area contributed by atoms with Gasteiger partial charge in [-0.15, -0.1) is 11.3 Å². The van der Waals surface area contributed by atoms with Crippen LogP contribution in [-0.2, 0) is 0 Å². The van der Waals surface area contributed by atoms with Crippen LogP contribution >= 0.6 is 22.9 Å². The molecule has 1 amide bonds. The van der Waals surface area contributed by atoms with Gasteiger partial charge in [-0.3, -0.25) is 9.69 Å². The van der Waals surface area contributed by atoms with Crippen LogP contribution in [0.4, 0.5) is 0 Å². The van der Waals surface area contributed by atoms with Crippen molar-refractivity contribution >= 4 is 38.9 Å². The number of thiophene rings is 1. The van der Waals surface area contributed by atoms with Crippen molar-refractivity contribution in [3.8, 4) is 0 Å². The second kappa shape index (κ2) is 8.62. The first-order valence-electron chi connectivity index (χ1n) is 9.55. The van der Waals surface area contributed by atoms with Crippen molar-refractivity contribution in [1.82, 2.24) is 15.1 Å². The summed E-state index contributed by atoms with van der Waals surface area (Å²) in [7, 11) is 2.15. The maximum absolute atomic E-state index is 13.1. The number of rotatable bonds is 5. The molecule has 4 rings (SSSR count). The summed E-state index contributed by atoms with van der Waals surface area (Å²) < 4.78 is 1.04. The number of hydrogen-bond donors (Lipinski definition) is 1. The molecule has 0 spiro atoms. The van der Waals surface area contributed by atoms with Gasteiger partial charge in [0.2, 0.25) is 0 Å². The molecular weight excluding hydrogens is 390 g/mol. The van der Waals surface area contributed by atoms with Crippen molar-refractivity contribution in [3.05, 3.63) is 70.1 Å². The summed E-state index contributed by atoms with van der Waals surface area (Å²) in [5.41, 5.74) is 1.12. The van der Waals surface area contributed by atoms with E-state index >= 15 is 0 Å². The molecule has 2 aromatic carbocycles. The van der Waals surface area contributed by atoms with Gasteiger partial charge in [-0.1, -0.05) is 60.1 Å². The molecule has 1 atom stereocenters. The minimum Gasteiger partial charge on any atom is -0.343 e. The van der Waals surface area contributed by atoms with Crippen LogP contribution in [0.25, 0.3) is 10.1 Å². The summed E-state index contributed by atoms with van der Waals surface area (Å²) >= 11 is 7.97. The quantitative estimate of drug-likeness (QED) is 0.678. The Kier molecular flexibility index (Phi) is 5.97. The van der Waals surface area contributed by atoms with E-state index in [1.165, 1.54) is 11.3 Å². The molecule has 0 aliphatic carbocycles.